The number of rotatable bonds is 5. The summed E-state index contributed by atoms with van der Waals surface area (Å²) in [5.41, 5.74) is 0. The molecule has 3 nitrogen and oxygen atoms in total. The maximum Gasteiger partial charge on any atom is 0.202 e. The molecular formula is C7H14NO2P. The van der Waals surface area contributed by atoms with Gasteiger partial charge >= 0.3 is 0 Å². The van der Waals surface area contributed by atoms with Crippen LogP contribution in [0, 0.1) is 11.3 Å². The molecule has 4 heteroatoms. The van der Waals surface area contributed by atoms with Gasteiger partial charge in [0, 0.05) is 12.3 Å². The van der Waals surface area contributed by atoms with Crippen LogP contribution < -0.4 is 0 Å². The summed E-state index contributed by atoms with van der Waals surface area (Å²) >= 11 is 0. The zero-order chi connectivity index (χ0) is 8.74. The van der Waals surface area contributed by atoms with E-state index >= 15 is 0 Å². The van der Waals surface area contributed by atoms with Gasteiger partial charge in [0.1, 0.15) is 0 Å². The van der Waals surface area contributed by atoms with Crippen molar-refractivity contribution in [1.82, 2.24) is 0 Å². The van der Waals surface area contributed by atoms with Crippen LogP contribution in [-0.4, -0.2) is 18.9 Å². The smallest absolute Gasteiger partial charge is 0.202 e. The molecule has 0 bridgehead atoms. The molecule has 0 N–H and O–H groups in total. The largest absolute Gasteiger partial charge is 0.327 e. The van der Waals surface area contributed by atoms with Crippen LogP contribution in [0.5, 0.6) is 0 Å². The van der Waals surface area contributed by atoms with Crippen molar-refractivity contribution in [3.8, 4) is 6.07 Å². The van der Waals surface area contributed by atoms with Crippen molar-refractivity contribution in [2.45, 2.75) is 20.3 Å². The highest BCUT2D eigenvalue weighted by Crippen LogP contribution is 2.45. The van der Waals surface area contributed by atoms with E-state index in [-0.39, 0.29) is 0 Å². The number of nitrogens with zero attached hydrogens (tertiary/aromatic N) is 1. The number of hydrogen-bond donors (Lipinski definition) is 0. The molecule has 0 aliphatic heterocycles. The van der Waals surface area contributed by atoms with Crippen LogP contribution in [0.25, 0.3) is 0 Å². The third-order valence-electron chi connectivity index (χ3n) is 1.50. The Morgan fingerprint density at radius 2 is 2.00 bits per heavy atom. The Balaban J connectivity index is 3.72. The van der Waals surface area contributed by atoms with Gasteiger partial charge in [-0.2, -0.15) is 5.26 Å². The highest BCUT2D eigenvalue weighted by molar-refractivity contribution is 7.58. The zero-order valence-electron chi connectivity index (χ0n) is 7.04. The predicted molar refractivity (Wildman–Crippen MR) is 44.9 cm³/mol. The maximum absolute atomic E-state index is 11.5. The molecule has 0 aliphatic rings. The standard InChI is InChI=1S/C7H14NO2P/c1-3-11(9,4-2)10-7-5-6-8/h3-5,7H2,1-2H3. The Morgan fingerprint density at radius 1 is 1.45 bits per heavy atom. The quantitative estimate of drug-likeness (QED) is 0.475. The van der Waals surface area contributed by atoms with E-state index in [9.17, 15) is 4.57 Å². The molecule has 0 saturated heterocycles. The van der Waals surface area contributed by atoms with Gasteiger partial charge in [-0.1, -0.05) is 13.8 Å². The Morgan fingerprint density at radius 3 is 2.36 bits per heavy atom. The summed E-state index contributed by atoms with van der Waals surface area (Å²) in [7, 11) is -2.36. The molecule has 0 aliphatic carbocycles. The van der Waals surface area contributed by atoms with E-state index in [4.69, 9.17) is 9.79 Å². The second-order valence-electron chi connectivity index (χ2n) is 2.19. The van der Waals surface area contributed by atoms with Crippen LogP contribution >= 0.6 is 7.37 Å². The van der Waals surface area contributed by atoms with E-state index in [1.54, 1.807) is 0 Å². The summed E-state index contributed by atoms with van der Waals surface area (Å²) in [6, 6.07) is 1.94. The van der Waals surface area contributed by atoms with E-state index in [1.165, 1.54) is 0 Å². The van der Waals surface area contributed by atoms with Gasteiger partial charge in [-0.05, 0) is 0 Å². The topological polar surface area (TPSA) is 50.1 Å². The van der Waals surface area contributed by atoms with E-state index in [2.05, 4.69) is 0 Å². The van der Waals surface area contributed by atoms with Crippen LogP contribution in [0.2, 0.25) is 0 Å². The Kier molecular flexibility index (Phi) is 5.19. The van der Waals surface area contributed by atoms with Gasteiger partial charge in [0.2, 0.25) is 7.37 Å². The van der Waals surface area contributed by atoms with Gasteiger partial charge in [-0.15, -0.1) is 0 Å². The minimum absolute atomic E-state index is 0.301. The second kappa shape index (κ2) is 5.35. The van der Waals surface area contributed by atoms with Gasteiger partial charge in [0.15, 0.2) is 0 Å². The molecule has 0 spiro atoms. The molecule has 0 aromatic rings. The molecule has 0 unspecified atom stereocenters. The van der Waals surface area contributed by atoms with Crippen LogP contribution in [0.15, 0.2) is 0 Å². The molecule has 0 aromatic heterocycles. The van der Waals surface area contributed by atoms with Crippen molar-refractivity contribution >= 4 is 7.37 Å². The van der Waals surface area contributed by atoms with Crippen LogP contribution in [-0.2, 0) is 9.09 Å². The summed E-state index contributed by atoms with van der Waals surface area (Å²) in [4.78, 5) is 0. The lowest BCUT2D eigenvalue weighted by Crippen LogP contribution is -1.96. The highest BCUT2D eigenvalue weighted by Gasteiger charge is 2.16. The first kappa shape index (κ1) is 10.7. The molecule has 0 rings (SSSR count). The van der Waals surface area contributed by atoms with Gasteiger partial charge in [-0.3, -0.25) is 4.57 Å². The second-order valence-corrected chi connectivity index (χ2v) is 5.34. The normalized spacial score (nSPS) is 11.0. The monoisotopic (exact) mass is 175 g/mol. The third kappa shape index (κ3) is 4.19. The van der Waals surface area contributed by atoms with Gasteiger partial charge in [0.05, 0.1) is 19.1 Å². The van der Waals surface area contributed by atoms with Crippen LogP contribution in [0.3, 0.4) is 0 Å². The average Bonchev–Trinajstić information content (AvgIpc) is 2.05. The van der Waals surface area contributed by atoms with Crippen molar-refractivity contribution in [3.63, 3.8) is 0 Å². The lowest BCUT2D eigenvalue weighted by atomic mass is 10.5. The van der Waals surface area contributed by atoms with Crippen molar-refractivity contribution in [1.29, 1.82) is 5.26 Å². The summed E-state index contributed by atoms with van der Waals surface area (Å²) in [6.45, 7) is 3.99. The maximum atomic E-state index is 11.5. The average molecular weight is 175 g/mol. The summed E-state index contributed by atoms with van der Waals surface area (Å²) in [6.07, 6.45) is 1.45. The lowest BCUT2D eigenvalue weighted by Gasteiger charge is -2.12. The summed E-state index contributed by atoms with van der Waals surface area (Å²) in [5, 5.41) is 8.19. The first-order chi connectivity index (χ1) is 5.18. The molecule has 0 atom stereocenters. The third-order valence-corrected chi connectivity index (χ3v) is 4.08. The van der Waals surface area contributed by atoms with Gasteiger partial charge in [-0.25, -0.2) is 0 Å². The molecular weight excluding hydrogens is 161 g/mol. The van der Waals surface area contributed by atoms with Crippen molar-refractivity contribution in [2.75, 3.05) is 18.9 Å². The Bertz CT molecular complexity index is 177. The van der Waals surface area contributed by atoms with Crippen LogP contribution in [0.4, 0.5) is 0 Å². The fraction of sp³-hybridized carbons (Fsp3) is 0.857. The molecule has 0 fully saturated rings. The molecule has 64 valence electrons. The van der Waals surface area contributed by atoms with Crippen molar-refractivity contribution in [2.24, 2.45) is 0 Å². The Hall–Kier alpha value is -0.320. The van der Waals surface area contributed by atoms with Crippen LogP contribution in [0.1, 0.15) is 20.3 Å². The van der Waals surface area contributed by atoms with E-state index in [0.29, 0.717) is 25.4 Å². The predicted octanol–water partition coefficient (Wildman–Crippen LogP) is 2.23. The minimum atomic E-state index is -2.36. The number of hydrogen-bond acceptors (Lipinski definition) is 3. The lowest BCUT2D eigenvalue weighted by molar-refractivity contribution is 0.322. The Labute approximate surface area is 67.8 Å². The molecule has 0 radical (unpaired) electrons. The van der Waals surface area contributed by atoms with Gasteiger partial charge in [0.25, 0.3) is 0 Å². The molecule has 0 saturated carbocycles. The first-order valence-electron chi connectivity index (χ1n) is 3.78. The zero-order valence-corrected chi connectivity index (χ0v) is 7.93. The fourth-order valence-electron chi connectivity index (χ4n) is 0.664. The molecule has 0 aromatic carbocycles. The van der Waals surface area contributed by atoms with Crippen molar-refractivity contribution in [3.05, 3.63) is 0 Å². The molecule has 11 heavy (non-hydrogen) atoms. The SMILES string of the molecule is CCP(=O)(CC)OCCC#N. The summed E-state index contributed by atoms with van der Waals surface area (Å²) in [5.74, 6) is 0. The number of nitriles is 1. The van der Waals surface area contributed by atoms with E-state index in [0.717, 1.165) is 0 Å². The molecule has 0 amide bonds. The summed E-state index contributed by atoms with van der Waals surface area (Å²) < 4.78 is 16.6. The minimum Gasteiger partial charge on any atom is -0.327 e. The fourth-order valence-corrected chi connectivity index (χ4v) is 1.90. The molecule has 0 heterocycles. The van der Waals surface area contributed by atoms with Crippen molar-refractivity contribution < 1.29 is 9.09 Å². The van der Waals surface area contributed by atoms with E-state index < -0.39 is 7.37 Å². The van der Waals surface area contributed by atoms with E-state index in [1.807, 2.05) is 19.9 Å². The first-order valence-corrected chi connectivity index (χ1v) is 5.77. The van der Waals surface area contributed by atoms with Gasteiger partial charge < -0.3 is 4.52 Å². The highest BCUT2D eigenvalue weighted by atomic mass is 31.2.